The fourth-order valence-corrected chi connectivity index (χ4v) is 1.58. The van der Waals surface area contributed by atoms with Gasteiger partial charge in [0.2, 0.25) is 5.82 Å². The molecular formula is C13H18Cl2N6O2. The molecule has 0 aliphatic carbocycles. The average molecular weight is 361 g/mol. The average Bonchev–Trinajstić information content (AvgIpc) is 2.41. The molecule has 23 heavy (non-hydrogen) atoms. The van der Waals surface area contributed by atoms with Crippen LogP contribution in [-0.4, -0.2) is 22.5 Å². The molecule has 0 bridgehead atoms. The van der Waals surface area contributed by atoms with Crippen molar-refractivity contribution in [2.24, 2.45) is 11.5 Å². The molecule has 0 aliphatic rings. The maximum atomic E-state index is 11.4. The van der Waals surface area contributed by atoms with Crippen LogP contribution in [0.2, 0.25) is 0 Å². The van der Waals surface area contributed by atoms with Crippen molar-refractivity contribution in [1.82, 2.24) is 4.98 Å². The van der Waals surface area contributed by atoms with E-state index in [2.05, 4.69) is 15.3 Å². The van der Waals surface area contributed by atoms with Gasteiger partial charge in [-0.3, -0.25) is 10.6 Å². The summed E-state index contributed by atoms with van der Waals surface area (Å²) in [6.45, 7) is 0. The highest BCUT2D eigenvalue weighted by molar-refractivity contribution is 5.85. The van der Waals surface area contributed by atoms with E-state index in [0.29, 0.717) is 5.69 Å². The molecule has 2 amide bonds. The van der Waals surface area contributed by atoms with Crippen molar-refractivity contribution in [1.29, 1.82) is 0 Å². The number of aromatic nitrogens is 1. The molecule has 8 nitrogen and oxygen atoms in total. The van der Waals surface area contributed by atoms with Crippen molar-refractivity contribution >= 4 is 29.2 Å². The van der Waals surface area contributed by atoms with Crippen LogP contribution in [0.25, 0.3) is 0 Å². The first-order valence-electron chi connectivity index (χ1n) is 5.95. The van der Waals surface area contributed by atoms with Gasteiger partial charge in [-0.1, -0.05) is 18.2 Å². The van der Waals surface area contributed by atoms with Crippen molar-refractivity contribution in [3.63, 3.8) is 0 Å². The normalized spacial score (nSPS) is 8.52. The number of rotatable bonds is 3. The van der Waals surface area contributed by atoms with Crippen LogP contribution in [0.1, 0.15) is 0 Å². The van der Waals surface area contributed by atoms with E-state index in [1.807, 2.05) is 35.6 Å². The molecule has 10 heteroatoms. The number of benzene rings is 1. The number of quaternary nitrogens is 1. The van der Waals surface area contributed by atoms with Crippen molar-refractivity contribution in [2.75, 3.05) is 5.32 Å². The summed E-state index contributed by atoms with van der Waals surface area (Å²) in [5.74, 6) is 0.636. The molecule has 0 radical (unpaired) electrons. The van der Waals surface area contributed by atoms with E-state index in [1.54, 1.807) is 18.3 Å². The monoisotopic (exact) mass is 360 g/mol. The van der Waals surface area contributed by atoms with Gasteiger partial charge < -0.3 is 41.8 Å². The van der Waals surface area contributed by atoms with Crippen LogP contribution in [0, 0.1) is 0 Å². The maximum absolute atomic E-state index is 11.4. The number of hydrogen-bond acceptors (Lipinski definition) is 2. The van der Waals surface area contributed by atoms with Gasteiger partial charge in [-0.05, 0) is 18.2 Å². The van der Waals surface area contributed by atoms with E-state index in [0.717, 1.165) is 11.5 Å². The Labute approximate surface area is 145 Å². The number of halogens is 2. The van der Waals surface area contributed by atoms with Gasteiger partial charge in [0.15, 0.2) is 0 Å². The van der Waals surface area contributed by atoms with Crippen molar-refractivity contribution < 1.29 is 45.4 Å². The second-order valence-electron chi connectivity index (χ2n) is 4.06. The summed E-state index contributed by atoms with van der Waals surface area (Å²) in [5, 5.41) is 4.50. The predicted octanol–water partition coefficient (Wildman–Crippen LogP) is -8.32. The zero-order valence-electron chi connectivity index (χ0n) is 12.0. The Hall–Kier alpha value is -2.39. The quantitative estimate of drug-likeness (QED) is 0.209. The number of guanidine groups is 1. The summed E-state index contributed by atoms with van der Waals surface area (Å²) in [7, 11) is 0. The van der Waals surface area contributed by atoms with Gasteiger partial charge in [-0.2, -0.15) is 0 Å². The zero-order chi connectivity index (χ0) is 14.4. The van der Waals surface area contributed by atoms with Crippen LogP contribution in [0.5, 0.6) is 0 Å². The van der Waals surface area contributed by atoms with E-state index in [1.165, 1.54) is 0 Å². The molecule has 0 spiro atoms. The molecule has 0 atom stereocenters. The number of carbonyl (C=O) groups excluding carboxylic acids is 1. The summed E-state index contributed by atoms with van der Waals surface area (Å²) in [6.07, 6.45) is 1.56. The number of pyridine rings is 1. The zero-order valence-corrected chi connectivity index (χ0v) is 13.5. The molecule has 0 fully saturated rings. The first kappa shape index (κ1) is 22.9. The molecule has 2 aromatic rings. The lowest BCUT2D eigenvalue weighted by Gasteiger charge is -2.01. The predicted molar refractivity (Wildman–Crippen MR) is 78.9 cm³/mol. The highest BCUT2D eigenvalue weighted by atomic mass is 35.5. The van der Waals surface area contributed by atoms with Gasteiger partial charge >= 0.3 is 12.0 Å². The molecule has 126 valence electrons. The standard InChI is InChI=1S/C13H14N6O.2ClH.H2O/c14-12(15)19-13(20)18-10-6-7-11(16-8-10)17-9-4-2-1-3-5-9;;;/h1-8H,(H,16,17)(H5,14,15,18,19,20);2*1H;1H2. The largest absolute Gasteiger partial charge is 1.00 e. The van der Waals surface area contributed by atoms with E-state index in [-0.39, 0.29) is 36.2 Å². The lowest BCUT2D eigenvalue weighted by Crippen LogP contribution is -3.00. The molecule has 2 rings (SSSR count). The van der Waals surface area contributed by atoms with Crippen molar-refractivity contribution in [3.8, 4) is 0 Å². The van der Waals surface area contributed by atoms with Gasteiger partial charge in [-0.25, -0.2) is 14.8 Å². The molecular weight excluding hydrogens is 343 g/mol. The molecule has 1 heterocycles. The summed E-state index contributed by atoms with van der Waals surface area (Å²) in [4.78, 5) is 17.8. The molecule has 0 saturated heterocycles. The number of urea groups is 1. The molecule has 1 aromatic carbocycles. The van der Waals surface area contributed by atoms with Crippen LogP contribution in [-0.2, 0) is 0 Å². The first-order chi connectivity index (χ1) is 9.63. The third kappa shape index (κ3) is 7.98. The third-order valence-electron chi connectivity index (χ3n) is 2.42. The molecule has 0 unspecified atom stereocenters. The van der Waals surface area contributed by atoms with E-state index >= 15 is 0 Å². The summed E-state index contributed by atoms with van der Waals surface area (Å²) in [6, 6.07) is 12.9. The lowest BCUT2D eigenvalue weighted by molar-refractivity contribution is -0.483. The molecule has 1 aromatic heterocycles. The van der Waals surface area contributed by atoms with Crippen LogP contribution >= 0.6 is 0 Å². The van der Waals surface area contributed by atoms with Crippen molar-refractivity contribution in [3.05, 3.63) is 48.7 Å². The van der Waals surface area contributed by atoms with Crippen molar-refractivity contribution in [2.45, 2.75) is 0 Å². The minimum Gasteiger partial charge on any atom is -1.00 e. The Morgan fingerprint density at radius 3 is 2.26 bits per heavy atom. The number of hydrogen-bond donors (Lipinski definition) is 5. The van der Waals surface area contributed by atoms with E-state index in [9.17, 15) is 4.79 Å². The minimum absolute atomic E-state index is 0. The first-order valence-corrected chi connectivity index (χ1v) is 5.95. The maximum Gasteiger partial charge on any atom is 0.411 e. The molecule has 10 N–H and O–H groups in total. The van der Waals surface area contributed by atoms with Crippen LogP contribution < -0.4 is 51.9 Å². The number of carbonyl (C=O) groups is 1. The fraction of sp³-hybridized carbons (Fsp3) is 0. The smallest absolute Gasteiger partial charge is 0.411 e. The molecule has 0 aliphatic heterocycles. The Kier molecular flexibility index (Phi) is 11.2. The SMILES string of the molecule is NC(N)=[NH+]C(=O)Nc1ccc([NH2+]c2ccccc2)nc1.O.[Cl-].[Cl-]. The number of para-hydroxylation sites is 1. The Morgan fingerprint density at radius 2 is 1.74 bits per heavy atom. The summed E-state index contributed by atoms with van der Waals surface area (Å²) < 4.78 is 0. The second-order valence-corrected chi connectivity index (χ2v) is 4.06. The number of nitrogens with zero attached hydrogens (tertiary/aromatic N) is 1. The van der Waals surface area contributed by atoms with Crippen LogP contribution in [0.4, 0.5) is 22.0 Å². The van der Waals surface area contributed by atoms with Gasteiger partial charge in [-0.15, -0.1) is 0 Å². The topological polar surface area (TPSA) is 156 Å². The van der Waals surface area contributed by atoms with E-state index < -0.39 is 6.03 Å². The minimum atomic E-state index is -0.508. The Morgan fingerprint density at radius 1 is 1.09 bits per heavy atom. The fourth-order valence-electron chi connectivity index (χ4n) is 1.58. The summed E-state index contributed by atoms with van der Waals surface area (Å²) >= 11 is 0. The third-order valence-corrected chi connectivity index (χ3v) is 2.42. The number of nitrogens with two attached hydrogens (primary N) is 3. The number of nitrogens with one attached hydrogen (secondary N) is 2. The highest BCUT2D eigenvalue weighted by Gasteiger charge is 2.06. The molecule has 0 saturated carbocycles. The highest BCUT2D eigenvalue weighted by Crippen LogP contribution is 2.07. The van der Waals surface area contributed by atoms with Gasteiger partial charge in [0.1, 0.15) is 11.4 Å². The lowest BCUT2D eigenvalue weighted by atomic mass is 10.3. The van der Waals surface area contributed by atoms with Gasteiger partial charge in [0, 0.05) is 6.07 Å². The van der Waals surface area contributed by atoms with Crippen LogP contribution in [0.3, 0.4) is 0 Å². The number of anilines is 1. The van der Waals surface area contributed by atoms with Crippen LogP contribution in [0.15, 0.2) is 48.7 Å². The van der Waals surface area contributed by atoms with E-state index in [4.69, 9.17) is 11.5 Å². The van der Waals surface area contributed by atoms with Gasteiger partial charge in [0.05, 0.1) is 6.20 Å². The van der Waals surface area contributed by atoms with Gasteiger partial charge in [0.25, 0.3) is 0 Å². The Bertz CT molecular complexity index is 618. The Balaban J connectivity index is 0. The summed E-state index contributed by atoms with van der Waals surface area (Å²) in [5.41, 5.74) is 11.9. The number of amides is 2. The second kappa shape index (κ2) is 11.2.